The molecule has 0 aliphatic carbocycles. The number of benzene rings is 1. The first-order valence-electron chi connectivity index (χ1n) is 8.56. The molecule has 0 unspecified atom stereocenters. The molecule has 0 radical (unpaired) electrons. The summed E-state index contributed by atoms with van der Waals surface area (Å²) in [5.74, 6) is -0.747. The smallest absolute Gasteiger partial charge is 0.339 e. The fraction of sp³-hybridized carbons (Fsp3) is 0.211. The number of carbonyl (C=O) groups excluding carboxylic acids is 2. The van der Waals surface area contributed by atoms with Crippen molar-refractivity contribution in [1.29, 1.82) is 0 Å². The number of hydrogen-bond acceptors (Lipinski definition) is 6. The van der Waals surface area contributed by atoms with Crippen molar-refractivity contribution in [2.45, 2.75) is 20.4 Å². The quantitative estimate of drug-likeness (QED) is 0.587. The van der Waals surface area contributed by atoms with Gasteiger partial charge in [0.25, 0.3) is 5.91 Å². The summed E-state index contributed by atoms with van der Waals surface area (Å²) in [5, 5.41) is 6.85. The van der Waals surface area contributed by atoms with E-state index >= 15 is 0 Å². The maximum absolute atomic E-state index is 12.4. The summed E-state index contributed by atoms with van der Waals surface area (Å²) < 4.78 is 7.58. The van der Waals surface area contributed by atoms with E-state index in [9.17, 15) is 9.59 Å². The van der Waals surface area contributed by atoms with Crippen LogP contribution in [0.1, 0.15) is 39.0 Å². The van der Waals surface area contributed by atoms with Gasteiger partial charge in [-0.15, -0.1) is 5.10 Å². The molecule has 2 aromatic heterocycles. The minimum Gasteiger partial charge on any atom is -0.462 e. The van der Waals surface area contributed by atoms with Crippen molar-refractivity contribution in [1.82, 2.24) is 19.7 Å². The Kier molecular flexibility index (Phi) is 6.15. The summed E-state index contributed by atoms with van der Waals surface area (Å²) in [6, 6.07) is 10.8. The molecule has 3 rings (SSSR count). The van der Waals surface area contributed by atoms with Crippen LogP contribution >= 0.6 is 15.9 Å². The van der Waals surface area contributed by atoms with E-state index in [2.05, 4.69) is 36.3 Å². The fourth-order valence-corrected chi connectivity index (χ4v) is 2.75. The van der Waals surface area contributed by atoms with Crippen LogP contribution in [0.4, 0.5) is 5.95 Å². The van der Waals surface area contributed by atoms with Gasteiger partial charge in [-0.1, -0.05) is 28.1 Å². The zero-order valence-corrected chi connectivity index (χ0v) is 16.9. The molecule has 0 spiro atoms. The molecular formula is C19H18BrN5O3. The molecule has 1 N–H and O–H groups in total. The molecule has 1 amide bonds. The summed E-state index contributed by atoms with van der Waals surface area (Å²) >= 11 is 3.40. The Morgan fingerprint density at radius 3 is 2.61 bits per heavy atom. The van der Waals surface area contributed by atoms with Crippen molar-refractivity contribution >= 4 is 33.8 Å². The van der Waals surface area contributed by atoms with Gasteiger partial charge >= 0.3 is 5.97 Å². The third-order valence-corrected chi connectivity index (χ3v) is 4.36. The zero-order valence-electron chi connectivity index (χ0n) is 15.3. The van der Waals surface area contributed by atoms with Gasteiger partial charge < -0.3 is 4.74 Å². The zero-order chi connectivity index (χ0) is 20.1. The first-order valence-corrected chi connectivity index (χ1v) is 9.35. The number of esters is 1. The second-order valence-electron chi connectivity index (χ2n) is 5.90. The number of nitrogens with one attached hydrogen (secondary N) is 1. The molecule has 1 aromatic carbocycles. The number of hydrogen-bond donors (Lipinski definition) is 1. The van der Waals surface area contributed by atoms with Gasteiger partial charge in [-0.25, -0.2) is 19.4 Å². The van der Waals surface area contributed by atoms with E-state index < -0.39 is 11.9 Å². The van der Waals surface area contributed by atoms with Crippen LogP contribution in [0.25, 0.3) is 0 Å². The Bertz CT molecular complexity index is 1000. The maximum Gasteiger partial charge on any atom is 0.339 e. The Morgan fingerprint density at radius 1 is 1.18 bits per heavy atom. The second kappa shape index (κ2) is 8.75. The molecule has 3 aromatic rings. The highest BCUT2D eigenvalue weighted by Crippen LogP contribution is 2.12. The molecule has 0 aliphatic rings. The summed E-state index contributed by atoms with van der Waals surface area (Å²) in [6.45, 7) is 4.18. The van der Waals surface area contributed by atoms with Crippen LogP contribution in [0.2, 0.25) is 0 Å². The van der Waals surface area contributed by atoms with Crippen LogP contribution in [-0.4, -0.2) is 38.2 Å². The van der Waals surface area contributed by atoms with Crippen molar-refractivity contribution in [3.8, 4) is 0 Å². The minimum absolute atomic E-state index is 0.162. The lowest BCUT2D eigenvalue weighted by Gasteiger charge is -2.06. The number of halogens is 1. The Balaban J connectivity index is 1.66. The number of carbonyl (C=O) groups is 2. The summed E-state index contributed by atoms with van der Waals surface area (Å²) in [7, 11) is 0. The van der Waals surface area contributed by atoms with Crippen LogP contribution < -0.4 is 5.32 Å². The molecule has 28 heavy (non-hydrogen) atoms. The van der Waals surface area contributed by atoms with Crippen LogP contribution in [0.15, 0.2) is 47.2 Å². The number of ether oxygens (including phenoxy) is 1. The predicted octanol–water partition coefficient (Wildman–Crippen LogP) is 3.22. The predicted molar refractivity (Wildman–Crippen MR) is 106 cm³/mol. The number of anilines is 1. The van der Waals surface area contributed by atoms with Crippen molar-refractivity contribution in [2.75, 3.05) is 11.9 Å². The number of aromatic nitrogens is 4. The summed E-state index contributed by atoms with van der Waals surface area (Å²) in [5.41, 5.74) is 1.96. The second-order valence-corrected chi connectivity index (χ2v) is 6.81. The topological polar surface area (TPSA) is 99.0 Å². The van der Waals surface area contributed by atoms with Crippen LogP contribution in [0.3, 0.4) is 0 Å². The van der Waals surface area contributed by atoms with Crippen molar-refractivity contribution in [3.63, 3.8) is 0 Å². The highest BCUT2D eigenvalue weighted by atomic mass is 79.9. The Hall–Kier alpha value is -3.07. The third-order valence-electron chi connectivity index (χ3n) is 3.83. The van der Waals surface area contributed by atoms with Gasteiger partial charge in [0.15, 0.2) is 0 Å². The molecule has 2 heterocycles. The standard InChI is InChI=1S/C19H18BrN5O3/c1-3-28-18(27)15-8-9-16(22-12(15)2)17(26)23-19-21-11-25(24-19)10-13-4-6-14(20)7-5-13/h4-9,11H,3,10H2,1-2H3,(H,23,24,26). The number of rotatable bonds is 6. The number of amides is 1. The van der Waals surface area contributed by atoms with Gasteiger partial charge in [0.1, 0.15) is 12.0 Å². The van der Waals surface area contributed by atoms with E-state index in [1.807, 2.05) is 24.3 Å². The molecule has 9 heteroatoms. The average molecular weight is 444 g/mol. The molecule has 0 saturated carbocycles. The van der Waals surface area contributed by atoms with Crippen molar-refractivity contribution in [2.24, 2.45) is 0 Å². The SMILES string of the molecule is CCOC(=O)c1ccc(C(=O)Nc2ncn(Cc3ccc(Br)cc3)n2)nc1C. The largest absolute Gasteiger partial charge is 0.462 e. The highest BCUT2D eigenvalue weighted by molar-refractivity contribution is 9.10. The number of aryl methyl sites for hydroxylation is 1. The summed E-state index contributed by atoms with van der Waals surface area (Å²) in [4.78, 5) is 32.5. The van der Waals surface area contributed by atoms with Gasteiger partial charge in [-0.05, 0) is 43.7 Å². The number of nitrogens with zero attached hydrogens (tertiary/aromatic N) is 4. The lowest BCUT2D eigenvalue weighted by Crippen LogP contribution is -2.17. The van der Waals surface area contributed by atoms with E-state index in [0.29, 0.717) is 17.8 Å². The first-order chi connectivity index (χ1) is 13.5. The third kappa shape index (κ3) is 4.80. The average Bonchev–Trinajstić information content (AvgIpc) is 3.10. The molecule has 0 bridgehead atoms. The molecular weight excluding hydrogens is 426 g/mol. The van der Waals surface area contributed by atoms with E-state index in [-0.39, 0.29) is 18.2 Å². The van der Waals surface area contributed by atoms with E-state index in [0.717, 1.165) is 10.0 Å². The lowest BCUT2D eigenvalue weighted by atomic mass is 10.2. The fourth-order valence-electron chi connectivity index (χ4n) is 2.48. The number of pyridine rings is 1. The molecule has 0 saturated heterocycles. The molecule has 8 nitrogen and oxygen atoms in total. The van der Waals surface area contributed by atoms with Crippen LogP contribution in [0, 0.1) is 6.92 Å². The molecule has 0 atom stereocenters. The minimum atomic E-state index is -0.465. The van der Waals surface area contributed by atoms with Gasteiger partial charge in [-0.3, -0.25) is 10.1 Å². The van der Waals surface area contributed by atoms with Gasteiger partial charge in [0.2, 0.25) is 5.95 Å². The Morgan fingerprint density at radius 2 is 1.93 bits per heavy atom. The van der Waals surface area contributed by atoms with Gasteiger partial charge in [-0.2, -0.15) is 0 Å². The summed E-state index contributed by atoms with van der Waals surface area (Å²) in [6.07, 6.45) is 1.54. The lowest BCUT2D eigenvalue weighted by molar-refractivity contribution is 0.0524. The first kappa shape index (κ1) is 19.7. The van der Waals surface area contributed by atoms with Crippen LogP contribution in [0.5, 0.6) is 0 Å². The van der Waals surface area contributed by atoms with Gasteiger partial charge in [0, 0.05) is 4.47 Å². The van der Waals surface area contributed by atoms with Crippen molar-refractivity contribution < 1.29 is 14.3 Å². The van der Waals surface area contributed by atoms with Crippen molar-refractivity contribution in [3.05, 3.63) is 69.7 Å². The molecule has 0 fully saturated rings. The normalized spacial score (nSPS) is 10.5. The maximum atomic E-state index is 12.4. The van der Waals surface area contributed by atoms with Gasteiger partial charge in [0.05, 0.1) is 24.4 Å². The van der Waals surface area contributed by atoms with E-state index in [4.69, 9.17) is 4.74 Å². The van der Waals surface area contributed by atoms with Crippen LogP contribution in [-0.2, 0) is 11.3 Å². The monoisotopic (exact) mass is 443 g/mol. The molecule has 144 valence electrons. The Labute approximate surface area is 170 Å². The molecule has 0 aliphatic heterocycles. The highest BCUT2D eigenvalue weighted by Gasteiger charge is 2.16. The van der Waals surface area contributed by atoms with E-state index in [1.54, 1.807) is 24.9 Å². The van der Waals surface area contributed by atoms with E-state index in [1.165, 1.54) is 12.1 Å².